The van der Waals surface area contributed by atoms with E-state index in [1.807, 2.05) is 4.90 Å². The van der Waals surface area contributed by atoms with Crippen molar-refractivity contribution in [3.63, 3.8) is 0 Å². The van der Waals surface area contributed by atoms with Gasteiger partial charge in [-0.2, -0.15) is 0 Å². The summed E-state index contributed by atoms with van der Waals surface area (Å²) in [6.45, 7) is 5.31. The predicted octanol–water partition coefficient (Wildman–Crippen LogP) is 1.93. The van der Waals surface area contributed by atoms with Crippen molar-refractivity contribution < 1.29 is 9.53 Å². The number of likely N-dealkylation sites (tertiary alicyclic amines) is 1. The first-order valence-electron chi connectivity index (χ1n) is 7.27. The summed E-state index contributed by atoms with van der Waals surface area (Å²) >= 11 is 0. The van der Waals surface area contributed by atoms with Gasteiger partial charge in [0.2, 0.25) is 5.91 Å². The Morgan fingerprint density at radius 2 is 2.20 bits per heavy atom. The fraction of sp³-hybridized carbons (Fsp3) is 0.562. The van der Waals surface area contributed by atoms with Crippen molar-refractivity contribution >= 4 is 5.91 Å². The SMILES string of the molecule is COCc1cccc(CNC(C)CN2CCCC2=O)c1. The highest BCUT2D eigenvalue weighted by Gasteiger charge is 2.21. The fourth-order valence-corrected chi connectivity index (χ4v) is 2.58. The molecule has 0 aromatic heterocycles. The third-order valence-electron chi connectivity index (χ3n) is 3.62. The normalized spacial score (nSPS) is 16.7. The molecule has 0 aliphatic carbocycles. The van der Waals surface area contributed by atoms with Crippen molar-refractivity contribution in [3.05, 3.63) is 35.4 Å². The van der Waals surface area contributed by atoms with Crippen LogP contribution in [0.25, 0.3) is 0 Å². The molecule has 4 nitrogen and oxygen atoms in total. The number of rotatable bonds is 7. The number of amides is 1. The standard InChI is InChI=1S/C16H24N2O2/c1-13(11-18-8-4-7-16(18)19)17-10-14-5-3-6-15(9-14)12-20-2/h3,5-6,9,13,17H,4,7-8,10-12H2,1-2H3. The van der Waals surface area contributed by atoms with Gasteiger partial charge in [0.1, 0.15) is 0 Å². The number of hydrogen-bond donors (Lipinski definition) is 1. The zero-order valence-electron chi connectivity index (χ0n) is 12.4. The summed E-state index contributed by atoms with van der Waals surface area (Å²) in [5, 5.41) is 3.48. The number of hydrogen-bond acceptors (Lipinski definition) is 3. The Labute approximate surface area is 121 Å². The van der Waals surface area contributed by atoms with Crippen molar-refractivity contribution in [2.45, 2.75) is 39.0 Å². The third kappa shape index (κ3) is 4.32. The van der Waals surface area contributed by atoms with Gasteiger partial charge >= 0.3 is 0 Å². The van der Waals surface area contributed by atoms with Gasteiger partial charge < -0.3 is 15.0 Å². The van der Waals surface area contributed by atoms with Crippen LogP contribution in [0.3, 0.4) is 0 Å². The van der Waals surface area contributed by atoms with Gasteiger partial charge in [-0.15, -0.1) is 0 Å². The molecular weight excluding hydrogens is 252 g/mol. The maximum absolute atomic E-state index is 11.6. The first kappa shape index (κ1) is 15.0. The molecule has 2 rings (SSSR count). The number of nitrogens with zero attached hydrogens (tertiary/aromatic N) is 1. The van der Waals surface area contributed by atoms with Crippen molar-refractivity contribution in [2.75, 3.05) is 20.2 Å². The number of methoxy groups -OCH3 is 1. The summed E-state index contributed by atoms with van der Waals surface area (Å²) < 4.78 is 5.14. The van der Waals surface area contributed by atoms with E-state index in [0.29, 0.717) is 25.0 Å². The van der Waals surface area contributed by atoms with E-state index in [1.165, 1.54) is 11.1 Å². The summed E-state index contributed by atoms with van der Waals surface area (Å²) in [5.74, 6) is 0.292. The minimum atomic E-state index is 0.292. The lowest BCUT2D eigenvalue weighted by molar-refractivity contribution is -0.127. The molecule has 0 bridgehead atoms. The number of nitrogens with one attached hydrogen (secondary N) is 1. The lowest BCUT2D eigenvalue weighted by Gasteiger charge is -2.21. The van der Waals surface area contributed by atoms with Gasteiger partial charge in [0, 0.05) is 39.2 Å². The van der Waals surface area contributed by atoms with Gasteiger partial charge in [0.05, 0.1) is 6.61 Å². The summed E-state index contributed by atoms with van der Waals surface area (Å²) in [6, 6.07) is 8.70. The second-order valence-electron chi connectivity index (χ2n) is 5.48. The summed E-state index contributed by atoms with van der Waals surface area (Å²) in [5.41, 5.74) is 2.44. The molecule has 1 heterocycles. The van der Waals surface area contributed by atoms with Gasteiger partial charge in [0.25, 0.3) is 0 Å². The molecule has 1 N–H and O–H groups in total. The zero-order chi connectivity index (χ0) is 14.4. The molecule has 1 fully saturated rings. The Balaban J connectivity index is 1.79. The average molecular weight is 276 g/mol. The average Bonchev–Trinajstić information content (AvgIpc) is 2.83. The minimum Gasteiger partial charge on any atom is -0.380 e. The second kappa shape index (κ2) is 7.41. The Morgan fingerprint density at radius 3 is 2.90 bits per heavy atom. The highest BCUT2D eigenvalue weighted by molar-refractivity contribution is 5.78. The molecule has 1 amide bonds. The van der Waals surface area contributed by atoms with Gasteiger partial charge in [0.15, 0.2) is 0 Å². The van der Waals surface area contributed by atoms with Crippen LogP contribution in [0.4, 0.5) is 0 Å². The smallest absolute Gasteiger partial charge is 0.222 e. The van der Waals surface area contributed by atoms with Crippen LogP contribution in [0, 0.1) is 0 Å². The molecule has 0 saturated carbocycles. The molecule has 1 aromatic carbocycles. The van der Waals surface area contributed by atoms with Crippen molar-refractivity contribution in [1.29, 1.82) is 0 Å². The third-order valence-corrected chi connectivity index (χ3v) is 3.62. The first-order chi connectivity index (χ1) is 9.69. The van der Waals surface area contributed by atoms with Crippen LogP contribution in [0.2, 0.25) is 0 Å². The van der Waals surface area contributed by atoms with E-state index in [9.17, 15) is 4.79 Å². The molecule has 1 aromatic rings. The van der Waals surface area contributed by atoms with Gasteiger partial charge in [-0.1, -0.05) is 24.3 Å². The summed E-state index contributed by atoms with van der Waals surface area (Å²) in [4.78, 5) is 13.5. The fourth-order valence-electron chi connectivity index (χ4n) is 2.58. The van der Waals surface area contributed by atoms with E-state index in [1.54, 1.807) is 7.11 Å². The monoisotopic (exact) mass is 276 g/mol. The van der Waals surface area contributed by atoms with Crippen LogP contribution in [0.15, 0.2) is 24.3 Å². The second-order valence-corrected chi connectivity index (χ2v) is 5.48. The van der Waals surface area contributed by atoms with E-state index >= 15 is 0 Å². The highest BCUT2D eigenvalue weighted by Crippen LogP contribution is 2.10. The first-order valence-corrected chi connectivity index (χ1v) is 7.27. The molecule has 0 spiro atoms. The molecule has 110 valence electrons. The van der Waals surface area contributed by atoms with Gasteiger partial charge in [-0.05, 0) is 24.5 Å². The Morgan fingerprint density at radius 1 is 1.40 bits per heavy atom. The molecule has 1 unspecified atom stereocenters. The number of ether oxygens (including phenoxy) is 1. The molecule has 1 saturated heterocycles. The van der Waals surface area contributed by atoms with Crippen molar-refractivity contribution in [3.8, 4) is 0 Å². The Kier molecular flexibility index (Phi) is 5.56. The number of carbonyl (C=O) groups is 1. The molecule has 0 radical (unpaired) electrons. The Hall–Kier alpha value is -1.39. The van der Waals surface area contributed by atoms with Crippen molar-refractivity contribution in [2.24, 2.45) is 0 Å². The van der Waals surface area contributed by atoms with Crippen LogP contribution in [-0.2, 0) is 22.7 Å². The largest absolute Gasteiger partial charge is 0.380 e. The van der Waals surface area contributed by atoms with Crippen LogP contribution in [0.5, 0.6) is 0 Å². The van der Waals surface area contributed by atoms with Crippen LogP contribution in [0.1, 0.15) is 30.9 Å². The lowest BCUT2D eigenvalue weighted by atomic mass is 10.1. The zero-order valence-corrected chi connectivity index (χ0v) is 12.4. The van der Waals surface area contributed by atoms with Gasteiger partial charge in [-0.3, -0.25) is 4.79 Å². The predicted molar refractivity (Wildman–Crippen MR) is 79.3 cm³/mol. The lowest BCUT2D eigenvalue weighted by Crippen LogP contribution is -2.39. The highest BCUT2D eigenvalue weighted by atomic mass is 16.5. The van der Waals surface area contributed by atoms with E-state index in [-0.39, 0.29) is 0 Å². The van der Waals surface area contributed by atoms with Crippen LogP contribution >= 0.6 is 0 Å². The quantitative estimate of drug-likeness (QED) is 0.827. The molecule has 1 atom stereocenters. The van der Waals surface area contributed by atoms with E-state index < -0.39 is 0 Å². The van der Waals surface area contributed by atoms with E-state index in [0.717, 1.165) is 26.1 Å². The van der Waals surface area contributed by atoms with Crippen LogP contribution in [-0.4, -0.2) is 37.0 Å². The summed E-state index contributed by atoms with van der Waals surface area (Å²) in [6.07, 6.45) is 1.72. The topological polar surface area (TPSA) is 41.6 Å². The molecule has 4 heteroatoms. The summed E-state index contributed by atoms with van der Waals surface area (Å²) in [7, 11) is 1.71. The number of benzene rings is 1. The maximum Gasteiger partial charge on any atom is 0.222 e. The number of carbonyl (C=O) groups excluding carboxylic acids is 1. The van der Waals surface area contributed by atoms with Crippen molar-refractivity contribution in [1.82, 2.24) is 10.2 Å². The Bertz CT molecular complexity index is 448. The van der Waals surface area contributed by atoms with Gasteiger partial charge in [-0.25, -0.2) is 0 Å². The molecular formula is C16H24N2O2. The maximum atomic E-state index is 11.6. The molecule has 20 heavy (non-hydrogen) atoms. The minimum absolute atomic E-state index is 0.292. The van der Waals surface area contributed by atoms with Crippen LogP contribution < -0.4 is 5.32 Å². The molecule has 1 aliphatic rings. The van der Waals surface area contributed by atoms with E-state index in [4.69, 9.17) is 4.74 Å². The van der Waals surface area contributed by atoms with E-state index in [2.05, 4.69) is 36.5 Å². The molecule has 1 aliphatic heterocycles.